The molecule has 0 spiro atoms. The van der Waals surface area contributed by atoms with Gasteiger partial charge < -0.3 is 0 Å². The summed E-state index contributed by atoms with van der Waals surface area (Å²) in [5, 5.41) is 0. The summed E-state index contributed by atoms with van der Waals surface area (Å²) < 4.78 is 0. The summed E-state index contributed by atoms with van der Waals surface area (Å²) in [5.74, 6) is 1.98. The number of hydrogen-bond donors (Lipinski definition) is 1. The Morgan fingerprint density at radius 3 is 2.47 bits per heavy atom. The van der Waals surface area contributed by atoms with Crippen LogP contribution in [-0.2, 0) is 0 Å². The van der Waals surface area contributed by atoms with E-state index in [-0.39, 0.29) is 0 Å². The Kier molecular flexibility index (Phi) is 4.82. The molecule has 0 bridgehead atoms. The Bertz CT molecular complexity index is 235. The maximum Gasteiger partial charge on any atom is 0.00673 e. The molecule has 2 fully saturated rings. The summed E-state index contributed by atoms with van der Waals surface area (Å²) in [6.45, 7) is 7.45. The highest BCUT2D eigenvalue weighted by molar-refractivity contribution is 7.80. The van der Waals surface area contributed by atoms with E-state index in [1.807, 2.05) is 0 Å². The minimum absolute atomic E-state index is 0.534. The monoisotopic (exact) mass is 255 g/mol. The second kappa shape index (κ2) is 5.97. The van der Waals surface area contributed by atoms with Gasteiger partial charge >= 0.3 is 0 Å². The van der Waals surface area contributed by atoms with Gasteiger partial charge in [0.2, 0.25) is 0 Å². The fraction of sp³-hybridized carbons (Fsp3) is 1.00. The van der Waals surface area contributed by atoms with Crippen molar-refractivity contribution in [3.05, 3.63) is 0 Å². The van der Waals surface area contributed by atoms with E-state index in [0.29, 0.717) is 5.41 Å². The van der Waals surface area contributed by atoms with Gasteiger partial charge in [-0.2, -0.15) is 12.6 Å². The molecule has 0 amide bonds. The van der Waals surface area contributed by atoms with Gasteiger partial charge in [-0.15, -0.1) is 0 Å². The largest absolute Gasteiger partial charge is 0.300 e. The summed E-state index contributed by atoms with van der Waals surface area (Å²) in [6, 6.07) is 0.796. The summed E-state index contributed by atoms with van der Waals surface area (Å²) in [4.78, 5) is 2.76. The first kappa shape index (κ1) is 13.7. The van der Waals surface area contributed by atoms with Crippen LogP contribution in [0.25, 0.3) is 0 Å². The van der Waals surface area contributed by atoms with Crippen molar-refractivity contribution in [1.82, 2.24) is 4.90 Å². The maximum atomic E-state index is 4.67. The van der Waals surface area contributed by atoms with E-state index in [2.05, 4.69) is 31.4 Å². The van der Waals surface area contributed by atoms with Crippen LogP contribution >= 0.6 is 12.6 Å². The molecule has 0 aromatic carbocycles. The molecule has 0 N–H and O–H groups in total. The first-order valence-electron chi connectivity index (χ1n) is 7.50. The molecule has 2 heteroatoms. The van der Waals surface area contributed by atoms with Crippen molar-refractivity contribution in [1.29, 1.82) is 0 Å². The third-order valence-corrected chi connectivity index (χ3v) is 5.71. The predicted octanol–water partition coefficient (Wildman–Crippen LogP) is 3.99. The summed E-state index contributed by atoms with van der Waals surface area (Å²) >= 11 is 4.67. The second-order valence-electron chi connectivity index (χ2n) is 6.68. The van der Waals surface area contributed by atoms with Crippen LogP contribution in [0.1, 0.15) is 58.8 Å². The third-order valence-electron chi connectivity index (χ3n) is 5.03. The van der Waals surface area contributed by atoms with Gasteiger partial charge in [0.25, 0.3) is 0 Å². The standard InChI is InChI=1S/C15H29NS/c1-13-6-7-14(2)16(10-13)11-15(12-17)8-4-3-5-9-15/h13-14,17H,3-12H2,1-2H3. The van der Waals surface area contributed by atoms with Gasteiger partial charge in [0.05, 0.1) is 0 Å². The molecule has 1 heterocycles. The van der Waals surface area contributed by atoms with Crippen molar-refractivity contribution in [3.63, 3.8) is 0 Å². The molecule has 1 nitrogen and oxygen atoms in total. The zero-order valence-corrected chi connectivity index (χ0v) is 12.5. The summed E-state index contributed by atoms with van der Waals surface area (Å²) in [5.41, 5.74) is 0.534. The highest BCUT2D eigenvalue weighted by atomic mass is 32.1. The second-order valence-corrected chi connectivity index (χ2v) is 7.00. The SMILES string of the molecule is CC1CCC(C)N(CC2(CS)CCCCC2)C1. The lowest BCUT2D eigenvalue weighted by molar-refractivity contribution is 0.0576. The van der Waals surface area contributed by atoms with E-state index >= 15 is 0 Å². The highest BCUT2D eigenvalue weighted by Crippen LogP contribution is 2.39. The molecule has 2 atom stereocenters. The van der Waals surface area contributed by atoms with Crippen molar-refractivity contribution in [2.24, 2.45) is 11.3 Å². The van der Waals surface area contributed by atoms with Crippen LogP contribution < -0.4 is 0 Å². The number of thiol groups is 1. The quantitative estimate of drug-likeness (QED) is 0.746. The molecular formula is C15H29NS. The van der Waals surface area contributed by atoms with Gasteiger partial charge in [0.15, 0.2) is 0 Å². The van der Waals surface area contributed by atoms with Crippen LogP contribution in [0.3, 0.4) is 0 Å². The van der Waals surface area contributed by atoms with E-state index < -0.39 is 0 Å². The van der Waals surface area contributed by atoms with E-state index in [1.54, 1.807) is 0 Å². The number of rotatable bonds is 3. The first-order valence-corrected chi connectivity index (χ1v) is 8.13. The van der Waals surface area contributed by atoms with Crippen LogP contribution in [0, 0.1) is 11.3 Å². The minimum atomic E-state index is 0.534. The summed E-state index contributed by atoms with van der Waals surface area (Å²) in [6.07, 6.45) is 9.94. The number of likely N-dealkylation sites (tertiary alicyclic amines) is 1. The molecule has 100 valence electrons. The molecule has 1 saturated carbocycles. The molecule has 17 heavy (non-hydrogen) atoms. The molecule has 0 aromatic heterocycles. The molecule has 0 radical (unpaired) electrons. The Morgan fingerprint density at radius 2 is 1.82 bits per heavy atom. The lowest BCUT2D eigenvalue weighted by atomic mass is 9.74. The number of hydrogen-bond acceptors (Lipinski definition) is 2. The van der Waals surface area contributed by atoms with Crippen LogP contribution in [0.2, 0.25) is 0 Å². The zero-order chi connectivity index (χ0) is 12.3. The van der Waals surface area contributed by atoms with Crippen molar-refractivity contribution >= 4 is 12.6 Å². The summed E-state index contributed by atoms with van der Waals surface area (Å²) in [7, 11) is 0. The normalized spacial score (nSPS) is 34.8. The van der Waals surface area contributed by atoms with Crippen LogP contribution in [0.4, 0.5) is 0 Å². The lowest BCUT2D eigenvalue weighted by Crippen LogP contribution is -2.48. The fourth-order valence-corrected chi connectivity index (χ4v) is 4.12. The molecule has 2 rings (SSSR count). The molecule has 0 aromatic rings. The number of piperidine rings is 1. The maximum absolute atomic E-state index is 4.67. The number of nitrogens with zero attached hydrogens (tertiary/aromatic N) is 1. The van der Waals surface area contributed by atoms with E-state index in [9.17, 15) is 0 Å². The van der Waals surface area contributed by atoms with Crippen LogP contribution in [0.5, 0.6) is 0 Å². The average Bonchev–Trinajstić information content (AvgIpc) is 2.35. The molecule has 2 aliphatic rings. The highest BCUT2D eigenvalue weighted by Gasteiger charge is 2.35. The van der Waals surface area contributed by atoms with Crippen molar-refractivity contribution in [2.45, 2.75) is 64.8 Å². The molecule has 1 saturated heterocycles. The Balaban J connectivity index is 1.96. The van der Waals surface area contributed by atoms with Crippen LogP contribution in [0.15, 0.2) is 0 Å². The molecule has 2 unspecified atom stereocenters. The van der Waals surface area contributed by atoms with Gasteiger partial charge in [-0.25, -0.2) is 0 Å². The molecule has 1 aliphatic carbocycles. The molecule has 1 aliphatic heterocycles. The Hall–Kier alpha value is 0.310. The topological polar surface area (TPSA) is 3.24 Å². The first-order chi connectivity index (χ1) is 8.15. The smallest absolute Gasteiger partial charge is 0.00673 e. The minimum Gasteiger partial charge on any atom is -0.300 e. The van der Waals surface area contributed by atoms with E-state index in [1.165, 1.54) is 58.0 Å². The Morgan fingerprint density at radius 1 is 1.12 bits per heavy atom. The van der Waals surface area contributed by atoms with Crippen molar-refractivity contribution in [2.75, 3.05) is 18.8 Å². The van der Waals surface area contributed by atoms with Gasteiger partial charge in [0, 0.05) is 19.1 Å². The predicted molar refractivity (Wildman–Crippen MR) is 78.8 cm³/mol. The lowest BCUT2D eigenvalue weighted by Gasteiger charge is -2.45. The Labute approximate surface area is 113 Å². The molecular weight excluding hydrogens is 226 g/mol. The van der Waals surface area contributed by atoms with Gasteiger partial charge in [-0.3, -0.25) is 4.90 Å². The van der Waals surface area contributed by atoms with Gasteiger partial charge in [-0.05, 0) is 49.7 Å². The van der Waals surface area contributed by atoms with E-state index in [4.69, 9.17) is 0 Å². The van der Waals surface area contributed by atoms with Crippen molar-refractivity contribution < 1.29 is 0 Å². The fourth-order valence-electron chi connectivity index (χ4n) is 3.70. The zero-order valence-electron chi connectivity index (χ0n) is 11.6. The average molecular weight is 255 g/mol. The van der Waals surface area contributed by atoms with Gasteiger partial charge in [0.1, 0.15) is 0 Å². The van der Waals surface area contributed by atoms with E-state index in [0.717, 1.165) is 17.7 Å². The van der Waals surface area contributed by atoms with Crippen molar-refractivity contribution in [3.8, 4) is 0 Å². The van der Waals surface area contributed by atoms with Crippen LogP contribution in [-0.4, -0.2) is 29.8 Å². The third kappa shape index (κ3) is 3.41. The van der Waals surface area contributed by atoms with Gasteiger partial charge in [-0.1, -0.05) is 26.2 Å².